The maximum absolute atomic E-state index is 9.18. The van der Waals surface area contributed by atoms with Crippen molar-refractivity contribution in [2.75, 3.05) is 0 Å². The van der Waals surface area contributed by atoms with Crippen LogP contribution in [0.1, 0.15) is 38.5 Å². The van der Waals surface area contributed by atoms with E-state index in [9.17, 15) is 5.11 Å². The monoisotopic (exact) mass is 174 g/mol. The minimum Gasteiger partial charge on any atom is -0.388 e. The third kappa shape index (κ3) is 3.09. The van der Waals surface area contributed by atoms with Crippen molar-refractivity contribution in [1.82, 2.24) is 0 Å². The summed E-state index contributed by atoms with van der Waals surface area (Å²) in [6.45, 7) is 0. The molecule has 72 valence electrons. The Hall–Kier alpha value is -0.120. The average molecular weight is 174 g/mol. The number of rotatable bonds is 3. The van der Waals surface area contributed by atoms with Crippen LogP contribution in [-0.2, 0) is 0 Å². The van der Waals surface area contributed by atoms with Gasteiger partial charge in [0.05, 0.1) is 0 Å². The second-order valence-corrected chi connectivity index (χ2v) is 3.72. The molecule has 0 aliphatic heterocycles. The third-order valence-electron chi connectivity index (χ3n) is 2.64. The van der Waals surface area contributed by atoms with Crippen LogP contribution < -0.4 is 0 Å². The van der Waals surface area contributed by atoms with Gasteiger partial charge < -0.3 is 15.3 Å². The quantitative estimate of drug-likeness (QED) is 0.550. The zero-order valence-corrected chi connectivity index (χ0v) is 7.32. The SMILES string of the molecule is OC(O)[C@@H](O)CC1CCCCC1. The maximum Gasteiger partial charge on any atom is 0.178 e. The molecule has 3 N–H and O–H groups in total. The maximum atomic E-state index is 9.18. The Morgan fingerprint density at radius 2 is 1.58 bits per heavy atom. The molecule has 1 fully saturated rings. The van der Waals surface area contributed by atoms with Crippen LogP contribution >= 0.6 is 0 Å². The van der Waals surface area contributed by atoms with E-state index in [1.54, 1.807) is 0 Å². The number of aliphatic hydroxyl groups is 3. The third-order valence-corrected chi connectivity index (χ3v) is 2.64. The highest BCUT2D eigenvalue weighted by atomic mass is 16.5. The average Bonchev–Trinajstić information content (AvgIpc) is 2.06. The van der Waals surface area contributed by atoms with Gasteiger partial charge in [-0.3, -0.25) is 0 Å². The van der Waals surface area contributed by atoms with Crippen molar-refractivity contribution in [3.63, 3.8) is 0 Å². The molecule has 1 atom stereocenters. The van der Waals surface area contributed by atoms with Gasteiger partial charge in [0, 0.05) is 0 Å². The number of hydrogen-bond donors (Lipinski definition) is 3. The van der Waals surface area contributed by atoms with Gasteiger partial charge in [-0.1, -0.05) is 32.1 Å². The lowest BCUT2D eigenvalue weighted by Gasteiger charge is -2.24. The van der Waals surface area contributed by atoms with E-state index in [1.807, 2.05) is 0 Å². The highest BCUT2D eigenvalue weighted by molar-refractivity contribution is 4.70. The van der Waals surface area contributed by atoms with Crippen LogP contribution in [0.15, 0.2) is 0 Å². The van der Waals surface area contributed by atoms with Crippen LogP contribution in [0.4, 0.5) is 0 Å². The number of hydrogen-bond acceptors (Lipinski definition) is 3. The van der Waals surface area contributed by atoms with E-state index in [0.717, 1.165) is 12.8 Å². The Kier molecular flexibility index (Phi) is 3.98. The molecule has 3 nitrogen and oxygen atoms in total. The summed E-state index contributed by atoms with van der Waals surface area (Å²) in [5.41, 5.74) is 0. The molecule has 12 heavy (non-hydrogen) atoms. The van der Waals surface area contributed by atoms with Gasteiger partial charge in [0.2, 0.25) is 0 Å². The molecule has 0 aromatic heterocycles. The van der Waals surface area contributed by atoms with E-state index in [2.05, 4.69) is 0 Å². The van der Waals surface area contributed by atoms with E-state index in [0.29, 0.717) is 12.3 Å². The fourth-order valence-corrected chi connectivity index (χ4v) is 1.89. The van der Waals surface area contributed by atoms with Crippen molar-refractivity contribution >= 4 is 0 Å². The van der Waals surface area contributed by atoms with Gasteiger partial charge in [0.15, 0.2) is 6.29 Å². The van der Waals surface area contributed by atoms with Gasteiger partial charge in [-0.2, -0.15) is 0 Å². The molecular weight excluding hydrogens is 156 g/mol. The second-order valence-electron chi connectivity index (χ2n) is 3.72. The van der Waals surface area contributed by atoms with E-state index < -0.39 is 12.4 Å². The molecule has 1 aliphatic rings. The smallest absolute Gasteiger partial charge is 0.178 e. The molecule has 0 bridgehead atoms. The fourth-order valence-electron chi connectivity index (χ4n) is 1.89. The molecule has 0 spiro atoms. The molecule has 0 radical (unpaired) electrons. The highest BCUT2D eigenvalue weighted by Gasteiger charge is 2.20. The minimum atomic E-state index is -1.56. The first kappa shape index (κ1) is 9.96. The standard InChI is InChI=1S/C9H18O3/c10-8(9(11)12)6-7-4-2-1-3-5-7/h7-12H,1-6H2/t8-/m0/s1. The lowest BCUT2D eigenvalue weighted by atomic mass is 9.85. The van der Waals surface area contributed by atoms with Gasteiger partial charge in [0.1, 0.15) is 6.10 Å². The summed E-state index contributed by atoms with van der Waals surface area (Å²) in [5, 5.41) is 26.5. The molecule has 0 unspecified atom stereocenters. The van der Waals surface area contributed by atoms with Crippen LogP contribution in [0.2, 0.25) is 0 Å². The summed E-state index contributed by atoms with van der Waals surface area (Å²) in [4.78, 5) is 0. The predicted molar refractivity (Wildman–Crippen MR) is 45.4 cm³/mol. The van der Waals surface area contributed by atoms with E-state index in [-0.39, 0.29) is 0 Å². The molecule has 0 aromatic carbocycles. The van der Waals surface area contributed by atoms with Crippen molar-refractivity contribution in [1.29, 1.82) is 0 Å². The molecule has 1 saturated carbocycles. The highest BCUT2D eigenvalue weighted by Crippen LogP contribution is 2.27. The van der Waals surface area contributed by atoms with Crippen molar-refractivity contribution in [2.24, 2.45) is 5.92 Å². The fraction of sp³-hybridized carbons (Fsp3) is 1.00. The summed E-state index contributed by atoms with van der Waals surface area (Å²) in [7, 11) is 0. The van der Waals surface area contributed by atoms with Crippen LogP contribution in [0.3, 0.4) is 0 Å². The van der Waals surface area contributed by atoms with Crippen molar-refractivity contribution < 1.29 is 15.3 Å². The summed E-state index contributed by atoms with van der Waals surface area (Å²) < 4.78 is 0. The summed E-state index contributed by atoms with van der Waals surface area (Å²) in [6, 6.07) is 0. The lowest BCUT2D eigenvalue weighted by molar-refractivity contribution is -0.128. The van der Waals surface area contributed by atoms with E-state index >= 15 is 0 Å². The Morgan fingerprint density at radius 1 is 1.00 bits per heavy atom. The van der Waals surface area contributed by atoms with Crippen molar-refractivity contribution in [2.45, 2.75) is 50.9 Å². The largest absolute Gasteiger partial charge is 0.388 e. The topological polar surface area (TPSA) is 60.7 Å². The normalized spacial score (nSPS) is 23.0. The summed E-state index contributed by atoms with van der Waals surface area (Å²) in [6.07, 6.45) is 4.01. The first-order valence-corrected chi connectivity index (χ1v) is 4.74. The zero-order chi connectivity index (χ0) is 8.97. The second kappa shape index (κ2) is 4.80. The molecule has 1 aliphatic carbocycles. The van der Waals surface area contributed by atoms with Gasteiger partial charge in [-0.15, -0.1) is 0 Å². The molecule has 0 amide bonds. The Morgan fingerprint density at radius 3 is 2.08 bits per heavy atom. The number of aliphatic hydroxyl groups excluding tert-OH is 2. The van der Waals surface area contributed by atoms with E-state index in [1.165, 1.54) is 19.3 Å². The Balaban J connectivity index is 2.20. The lowest BCUT2D eigenvalue weighted by Crippen LogP contribution is -2.28. The van der Waals surface area contributed by atoms with Crippen LogP contribution in [0, 0.1) is 5.92 Å². The van der Waals surface area contributed by atoms with Gasteiger partial charge in [0.25, 0.3) is 0 Å². The molecule has 0 saturated heterocycles. The van der Waals surface area contributed by atoms with Crippen molar-refractivity contribution in [3.05, 3.63) is 0 Å². The molecular formula is C9H18O3. The first-order valence-electron chi connectivity index (χ1n) is 4.74. The van der Waals surface area contributed by atoms with Crippen molar-refractivity contribution in [3.8, 4) is 0 Å². The molecule has 3 heteroatoms. The van der Waals surface area contributed by atoms with E-state index in [4.69, 9.17) is 10.2 Å². The predicted octanol–water partition coefficient (Wildman–Crippen LogP) is 0.628. The van der Waals surface area contributed by atoms with Crippen LogP contribution in [0.5, 0.6) is 0 Å². The van der Waals surface area contributed by atoms with Gasteiger partial charge in [-0.05, 0) is 12.3 Å². The summed E-state index contributed by atoms with van der Waals surface area (Å²) in [5.74, 6) is 0.496. The Bertz CT molecular complexity index is 119. The van der Waals surface area contributed by atoms with Gasteiger partial charge in [-0.25, -0.2) is 0 Å². The molecule has 0 aromatic rings. The molecule has 1 rings (SSSR count). The zero-order valence-electron chi connectivity index (χ0n) is 7.32. The Labute approximate surface area is 73.0 Å². The van der Waals surface area contributed by atoms with Crippen LogP contribution in [0.25, 0.3) is 0 Å². The first-order chi connectivity index (χ1) is 5.70. The minimum absolute atomic E-state index is 0.496. The molecule has 0 heterocycles. The van der Waals surface area contributed by atoms with Crippen LogP contribution in [-0.4, -0.2) is 27.7 Å². The summed E-state index contributed by atoms with van der Waals surface area (Å²) >= 11 is 0. The van der Waals surface area contributed by atoms with Gasteiger partial charge >= 0.3 is 0 Å².